The molecule has 112 valence electrons. The molecule has 1 aliphatic heterocycles. The Bertz CT molecular complexity index is 585. The number of sulfonamides is 1. The van der Waals surface area contributed by atoms with Crippen LogP contribution >= 0.6 is 23.2 Å². The van der Waals surface area contributed by atoms with Crippen LogP contribution in [0.3, 0.4) is 0 Å². The Morgan fingerprint density at radius 1 is 1.45 bits per heavy atom. The molecule has 0 aliphatic carbocycles. The normalized spacial score (nSPS) is 19.2. The van der Waals surface area contributed by atoms with Gasteiger partial charge < -0.3 is 9.47 Å². The molecule has 0 amide bonds. The summed E-state index contributed by atoms with van der Waals surface area (Å²) in [5, 5.41) is 0.380. The summed E-state index contributed by atoms with van der Waals surface area (Å²) in [5.41, 5.74) is 0. The van der Waals surface area contributed by atoms with Crippen LogP contribution in [0.2, 0.25) is 10.0 Å². The number of hydrogen-bond acceptors (Lipinski definition) is 4. The molecule has 0 spiro atoms. The van der Waals surface area contributed by atoms with Crippen LogP contribution in [0, 0.1) is 0 Å². The fourth-order valence-corrected chi connectivity index (χ4v) is 3.99. The maximum absolute atomic E-state index is 12.3. The predicted molar refractivity (Wildman–Crippen MR) is 77.2 cm³/mol. The summed E-state index contributed by atoms with van der Waals surface area (Å²) in [4.78, 5) is -0.0736. The van der Waals surface area contributed by atoms with Crippen molar-refractivity contribution in [2.75, 3.05) is 20.3 Å². The second-order valence-electron chi connectivity index (χ2n) is 4.41. The molecule has 1 aromatic rings. The first-order chi connectivity index (χ1) is 9.44. The third-order valence-electron chi connectivity index (χ3n) is 2.99. The number of benzene rings is 1. The van der Waals surface area contributed by atoms with E-state index in [1.165, 1.54) is 19.2 Å². The largest absolute Gasteiger partial charge is 0.494 e. The van der Waals surface area contributed by atoms with Crippen LogP contribution in [0.5, 0.6) is 5.75 Å². The molecule has 0 bridgehead atoms. The van der Waals surface area contributed by atoms with Crippen LogP contribution in [0.25, 0.3) is 0 Å². The molecule has 1 heterocycles. The highest BCUT2D eigenvalue weighted by atomic mass is 35.5. The standard InChI is InChI=1S/C12H15Cl2NO4S/c1-18-12-10(14)5-8(13)6-11(12)20(16,17)15-7-9-3-2-4-19-9/h5-6,9,15H,2-4,7H2,1H3. The average molecular weight is 340 g/mol. The minimum Gasteiger partial charge on any atom is -0.494 e. The van der Waals surface area contributed by atoms with E-state index in [0.29, 0.717) is 6.61 Å². The maximum atomic E-state index is 12.3. The SMILES string of the molecule is COc1c(Cl)cc(Cl)cc1S(=O)(=O)NCC1CCCO1. The third kappa shape index (κ3) is 3.56. The van der Waals surface area contributed by atoms with Crippen molar-refractivity contribution in [3.05, 3.63) is 22.2 Å². The number of hydrogen-bond donors (Lipinski definition) is 1. The summed E-state index contributed by atoms with van der Waals surface area (Å²) in [6.45, 7) is 0.883. The Balaban J connectivity index is 2.24. The number of halogens is 2. The fraction of sp³-hybridized carbons (Fsp3) is 0.500. The highest BCUT2D eigenvalue weighted by Crippen LogP contribution is 2.35. The molecule has 1 unspecified atom stereocenters. The fourth-order valence-electron chi connectivity index (χ4n) is 2.02. The lowest BCUT2D eigenvalue weighted by molar-refractivity contribution is 0.114. The molecular formula is C12H15Cl2NO4S. The third-order valence-corrected chi connectivity index (χ3v) is 4.92. The van der Waals surface area contributed by atoms with Gasteiger partial charge in [-0.1, -0.05) is 23.2 Å². The van der Waals surface area contributed by atoms with Crippen molar-refractivity contribution in [3.63, 3.8) is 0 Å². The quantitative estimate of drug-likeness (QED) is 0.894. The molecule has 1 N–H and O–H groups in total. The Morgan fingerprint density at radius 3 is 2.80 bits per heavy atom. The van der Waals surface area contributed by atoms with Crippen LogP contribution in [-0.2, 0) is 14.8 Å². The minimum atomic E-state index is -3.76. The Hall–Kier alpha value is -0.530. The van der Waals surface area contributed by atoms with Gasteiger partial charge in [0.1, 0.15) is 4.90 Å². The van der Waals surface area contributed by atoms with E-state index < -0.39 is 10.0 Å². The predicted octanol–water partition coefficient (Wildman–Crippen LogP) is 2.46. The smallest absolute Gasteiger partial charge is 0.244 e. The average Bonchev–Trinajstić information content (AvgIpc) is 2.89. The van der Waals surface area contributed by atoms with Gasteiger partial charge in [0.2, 0.25) is 10.0 Å². The molecule has 1 atom stereocenters. The molecule has 5 nitrogen and oxygen atoms in total. The van der Waals surface area contributed by atoms with Crippen molar-refractivity contribution in [1.82, 2.24) is 4.72 Å². The van der Waals surface area contributed by atoms with Crippen molar-refractivity contribution in [2.45, 2.75) is 23.8 Å². The van der Waals surface area contributed by atoms with E-state index in [2.05, 4.69) is 4.72 Å². The zero-order valence-corrected chi connectivity index (χ0v) is 13.2. The summed E-state index contributed by atoms with van der Waals surface area (Å²) >= 11 is 11.8. The first-order valence-electron chi connectivity index (χ1n) is 6.08. The van der Waals surface area contributed by atoms with E-state index in [-0.39, 0.29) is 33.3 Å². The summed E-state index contributed by atoms with van der Waals surface area (Å²) < 4.78 is 37.5. The van der Waals surface area contributed by atoms with Crippen molar-refractivity contribution in [3.8, 4) is 5.75 Å². The molecule has 0 aromatic heterocycles. The van der Waals surface area contributed by atoms with Crippen LogP contribution in [0.1, 0.15) is 12.8 Å². The van der Waals surface area contributed by atoms with Gasteiger partial charge in [-0.2, -0.15) is 0 Å². The molecule has 0 saturated carbocycles. The Kier molecular flexibility index (Phi) is 5.14. The molecule has 1 fully saturated rings. The zero-order chi connectivity index (χ0) is 14.8. The van der Waals surface area contributed by atoms with E-state index in [4.69, 9.17) is 32.7 Å². The Morgan fingerprint density at radius 2 is 2.20 bits per heavy atom. The van der Waals surface area contributed by atoms with Crippen LogP contribution in [0.15, 0.2) is 17.0 Å². The minimum absolute atomic E-state index is 0.0736. The molecule has 8 heteroatoms. The van der Waals surface area contributed by atoms with Gasteiger partial charge in [-0.05, 0) is 25.0 Å². The number of ether oxygens (including phenoxy) is 2. The summed E-state index contributed by atoms with van der Waals surface area (Å²) in [6.07, 6.45) is 1.69. The van der Waals surface area contributed by atoms with Crippen molar-refractivity contribution in [2.24, 2.45) is 0 Å². The molecule has 1 aromatic carbocycles. The van der Waals surface area contributed by atoms with Gasteiger partial charge in [0, 0.05) is 18.2 Å². The number of methoxy groups -OCH3 is 1. The summed E-state index contributed by atoms with van der Waals surface area (Å²) in [5.74, 6) is 0.0795. The Labute approximate surface area is 128 Å². The van der Waals surface area contributed by atoms with E-state index >= 15 is 0 Å². The highest BCUT2D eigenvalue weighted by Gasteiger charge is 2.25. The van der Waals surface area contributed by atoms with Crippen LogP contribution in [0.4, 0.5) is 0 Å². The van der Waals surface area contributed by atoms with E-state index in [9.17, 15) is 8.42 Å². The maximum Gasteiger partial charge on any atom is 0.244 e. The van der Waals surface area contributed by atoms with Gasteiger partial charge in [0.15, 0.2) is 5.75 Å². The molecule has 20 heavy (non-hydrogen) atoms. The topological polar surface area (TPSA) is 64.6 Å². The lowest BCUT2D eigenvalue weighted by atomic mass is 10.2. The van der Waals surface area contributed by atoms with Gasteiger partial charge in [0.05, 0.1) is 18.2 Å². The second-order valence-corrected chi connectivity index (χ2v) is 6.98. The molecule has 2 rings (SSSR count). The first kappa shape index (κ1) is 15.9. The molecule has 1 aliphatic rings. The van der Waals surface area contributed by atoms with Crippen LogP contribution in [-0.4, -0.2) is 34.8 Å². The van der Waals surface area contributed by atoms with Crippen LogP contribution < -0.4 is 9.46 Å². The van der Waals surface area contributed by atoms with Crippen molar-refractivity contribution >= 4 is 33.2 Å². The molecule has 0 radical (unpaired) electrons. The second kappa shape index (κ2) is 6.49. The number of nitrogens with one attached hydrogen (secondary N) is 1. The van der Waals surface area contributed by atoms with Gasteiger partial charge in [-0.15, -0.1) is 0 Å². The molecular weight excluding hydrogens is 325 g/mol. The summed E-state index contributed by atoms with van der Waals surface area (Å²) in [7, 11) is -2.40. The van der Waals surface area contributed by atoms with E-state index in [1.807, 2.05) is 0 Å². The lowest BCUT2D eigenvalue weighted by Crippen LogP contribution is -2.32. The van der Waals surface area contributed by atoms with E-state index in [0.717, 1.165) is 12.8 Å². The van der Waals surface area contributed by atoms with Gasteiger partial charge >= 0.3 is 0 Å². The number of rotatable bonds is 5. The summed E-state index contributed by atoms with van der Waals surface area (Å²) in [6, 6.07) is 2.74. The van der Waals surface area contributed by atoms with Gasteiger partial charge in [-0.25, -0.2) is 13.1 Å². The first-order valence-corrected chi connectivity index (χ1v) is 8.32. The zero-order valence-electron chi connectivity index (χ0n) is 10.9. The highest BCUT2D eigenvalue weighted by molar-refractivity contribution is 7.89. The van der Waals surface area contributed by atoms with Crippen molar-refractivity contribution in [1.29, 1.82) is 0 Å². The lowest BCUT2D eigenvalue weighted by Gasteiger charge is -2.14. The van der Waals surface area contributed by atoms with Gasteiger partial charge in [0.25, 0.3) is 0 Å². The van der Waals surface area contributed by atoms with E-state index in [1.54, 1.807) is 0 Å². The van der Waals surface area contributed by atoms with Crippen molar-refractivity contribution < 1.29 is 17.9 Å². The monoisotopic (exact) mass is 339 g/mol. The molecule has 1 saturated heterocycles. The van der Waals surface area contributed by atoms with Gasteiger partial charge in [-0.3, -0.25) is 0 Å².